The van der Waals surface area contributed by atoms with Gasteiger partial charge in [-0.25, -0.2) is 12.4 Å². The fourth-order valence-corrected chi connectivity index (χ4v) is 6.45. The normalized spacial score (nSPS) is 11.6. The van der Waals surface area contributed by atoms with Gasteiger partial charge in [0.05, 0.1) is 27.5 Å². The molecule has 0 bridgehead atoms. The number of rotatable bonds is 10. The van der Waals surface area contributed by atoms with E-state index in [1.165, 1.54) is 5.56 Å². The van der Waals surface area contributed by atoms with Crippen molar-refractivity contribution in [2.24, 2.45) is 0 Å². The van der Waals surface area contributed by atoms with Gasteiger partial charge in [-0.3, -0.25) is 0 Å². The molecule has 0 aliphatic carbocycles. The van der Waals surface area contributed by atoms with Crippen LogP contribution in [-0.4, -0.2) is 12.4 Å². The topological polar surface area (TPSA) is 63.1 Å². The van der Waals surface area contributed by atoms with Crippen molar-refractivity contribution in [3.8, 4) is 0 Å². The number of unbranched alkanes of at least 4 members (excludes halogenated alkanes) is 1. The van der Waals surface area contributed by atoms with Gasteiger partial charge in [-0.1, -0.05) is 79.6 Å². The molecule has 0 atom stereocenters. The van der Waals surface area contributed by atoms with Gasteiger partial charge in [-0.2, -0.15) is 0 Å². The van der Waals surface area contributed by atoms with Crippen molar-refractivity contribution in [1.29, 1.82) is 0 Å². The molecule has 6 heteroatoms. The first kappa shape index (κ1) is 26.6. The Morgan fingerprint density at radius 2 is 1.49 bits per heavy atom. The summed E-state index contributed by atoms with van der Waals surface area (Å²) in [4.78, 5) is 0.300. The van der Waals surface area contributed by atoms with Crippen LogP contribution < -0.4 is 10.6 Å². The Kier molecular flexibility index (Phi) is 7.75. The molecule has 0 radical (unpaired) electrons. The summed E-state index contributed by atoms with van der Waals surface area (Å²) in [6, 6.07) is 31.5. The lowest BCUT2D eigenvalue weighted by Crippen LogP contribution is -2.15. The van der Waals surface area contributed by atoms with E-state index in [4.69, 9.17) is 0 Å². The third-order valence-electron chi connectivity index (χ3n) is 7.08. The van der Waals surface area contributed by atoms with Crippen molar-refractivity contribution in [2.45, 2.75) is 51.5 Å². The quantitative estimate of drug-likeness (QED) is 0.188. The third-order valence-corrected chi connectivity index (χ3v) is 8.86. The average Bonchev–Trinajstić information content (AvgIpc) is 3.33. The first-order valence-corrected chi connectivity index (χ1v) is 14.9. The molecule has 1 aromatic heterocycles. The third kappa shape index (κ3) is 5.57. The Labute approximate surface area is 231 Å². The highest BCUT2D eigenvalue weighted by Crippen LogP contribution is 2.37. The van der Waals surface area contributed by atoms with Gasteiger partial charge in [0.1, 0.15) is 0 Å². The minimum Gasteiger partial charge on any atom is -0.379 e. The first-order valence-electron chi connectivity index (χ1n) is 13.5. The Morgan fingerprint density at radius 1 is 0.795 bits per heavy atom. The number of hydrogen-bond acceptors (Lipinski definition) is 4. The van der Waals surface area contributed by atoms with Crippen LogP contribution in [0.3, 0.4) is 0 Å². The molecule has 0 fully saturated rings. The summed E-state index contributed by atoms with van der Waals surface area (Å²) < 4.78 is 29.5. The van der Waals surface area contributed by atoms with Crippen LogP contribution in [0.25, 0.3) is 10.9 Å². The van der Waals surface area contributed by atoms with Crippen molar-refractivity contribution in [3.63, 3.8) is 0 Å². The Morgan fingerprint density at radius 3 is 2.21 bits per heavy atom. The number of aryl methyl sites for hydroxylation is 3. The van der Waals surface area contributed by atoms with Crippen molar-refractivity contribution in [2.75, 3.05) is 10.6 Å². The number of fused-ring (bicyclic) bond motifs is 1. The fraction of sp³-hybridized carbons (Fsp3) is 0.212. The van der Waals surface area contributed by atoms with E-state index >= 15 is 0 Å². The number of anilines is 3. The van der Waals surface area contributed by atoms with Crippen LogP contribution >= 0.6 is 0 Å². The molecule has 1 heterocycles. The molecule has 0 aliphatic rings. The second-order valence-electron chi connectivity index (χ2n) is 10.0. The van der Waals surface area contributed by atoms with E-state index in [1.807, 2.05) is 73.7 Å². The molecule has 200 valence electrons. The molecule has 0 spiro atoms. The van der Waals surface area contributed by atoms with E-state index in [-0.39, 0.29) is 0 Å². The Balaban J connectivity index is 1.58. The largest absolute Gasteiger partial charge is 0.379 e. The van der Waals surface area contributed by atoms with Gasteiger partial charge in [0.2, 0.25) is 0 Å². The summed E-state index contributed by atoms with van der Waals surface area (Å²) in [5.41, 5.74) is 7.60. The molecule has 5 rings (SSSR count). The number of nitrogens with zero attached hydrogens (tertiary/aromatic N) is 1. The zero-order valence-electron chi connectivity index (χ0n) is 22.7. The summed E-state index contributed by atoms with van der Waals surface area (Å²) in [7, 11) is -3.77. The van der Waals surface area contributed by atoms with Crippen molar-refractivity contribution >= 4 is 38.0 Å². The van der Waals surface area contributed by atoms with Gasteiger partial charge in [0.25, 0.3) is 10.0 Å². The molecule has 0 unspecified atom stereocenters. The van der Waals surface area contributed by atoms with Crippen LogP contribution in [0.4, 0.5) is 17.1 Å². The zero-order chi connectivity index (χ0) is 27.4. The lowest BCUT2D eigenvalue weighted by atomic mass is 10.1. The molecule has 5 aromatic rings. The van der Waals surface area contributed by atoms with E-state index in [0.717, 1.165) is 52.1 Å². The summed E-state index contributed by atoms with van der Waals surface area (Å²) in [6.07, 6.45) is 2.58. The SMILES string of the molecule is CCCCc1cc2c(Nc3ccccc3NCc3ccccc3)c(C)ccc2n1S(=O)(=O)c1ccc(C)cc1. The van der Waals surface area contributed by atoms with Crippen LogP contribution in [0.5, 0.6) is 0 Å². The van der Waals surface area contributed by atoms with Gasteiger partial charge in [-0.05, 0) is 74.2 Å². The molecule has 0 aliphatic heterocycles. The fourth-order valence-electron chi connectivity index (χ4n) is 4.89. The summed E-state index contributed by atoms with van der Waals surface area (Å²) in [6.45, 7) is 6.84. The first-order chi connectivity index (χ1) is 18.9. The summed E-state index contributed by atoms with van der Waals surface area (Å²) >= 11 is 0. The molecule has 5 nitrogen and oxygen atoms in total. The summed E-state index contributed by atoms with van der Waals surface area (Å²) in [5, 5.41) is 8.09. The van der Waals surface area contributed by atoms with Gasteiger partial charge in [0, 0.05) is 17.6 Å². The number of nitrogens with one attached hydrogen (secondary N) is 2. The van der Waals surface area contributed by atoms with E-state index in [1.54, 1.807) is 16.1 Å². The van der Waals surface area contributed by atoms with Crippen LogP contribution in [0.15, 0.2) is 102 Å². The van der Waals surface area contributed by atoms with Crippen LogP contribution in [-0.2, 0) is 23.0 Å². The second kappa shape index (κ2) is 11.4. The van der Waals surface area contributed by atoms with Crippen LogP contribution in [0, 0.1) is 13.8 Å². The van der Waals surface area contributed by atoms with E-state index in [9.17, 15) is 8.42 Å². The standard InChI is InChI=1S/C33H35N3O2S/c1-4-5-13-27-22-29-32(36(27)39(37,38)28-19-16-24(2)17-20-28)21-18-25(3)33(29)35-31-15-10-9-14-30(31)34-23-26-11-7-6-8-12-26/h6-12,14-22,34-35H,4-5,13,23H2,1-3H3. The van der Waals surface area contributed by atoms with Crippen LogP contribution in [0.1, 0.15) is 42.1 Å². The maximum atomic E-state index is 14.0. The average molecular weight is 538 g/mol. The van der Waals surface area contributed by atoms with Gasteiger partial charge >= 0.3 is 0 Å². The predicted octanol–water partition coefficient (Wildman–Crippen LogP) is 8.19. The lowest BCUT2D eigenvalue weighted by molar-refractivity contribution is 0.586. The maximum Gasteiger partial charge on any atom is 0.268 e. The number of para-hydroxylation sites is 2. The van der Waals surface area contributed by atoms with Crippen molar-refractivity contribution < 1.29 is 8.42 Å². The van der Waals surface area contributed by atoms with Gasteiger partial charge in [-0.15, -0.1) is 0 Å². The highest BCUT2D eigenvalue weighted by atomic mass is 32.2. The van der Waals surface area contributed by atoms with E-state index < -0.39 is 10.0 Å². The monoisotopic (exact) mass is 537 g/mol. The number of aromatic nitrogens is 1. The zero-order valence-corrected chi connectivity index (χ0v) is 23.6. The second-order valence-corrected chi connectivity index (χ2v) is 11.8. The van der Waals surface area contributed by atoms with Crippen molar-refractivity contribution in [3.05, 3.63) is 119 Å². The van der Waals surface area contributed by atoms with Gasteiger partial charge < -0.3 is 10.6 Å². The lowest BCUT2D eigenvalue weighted by Gasteiger charge is -2.17. The predicted molar refractivity (Wildman–Crippen MR) is 163 cm³/mol. The smallest absolute Gasteiger partial charge is 0.268 e. The Bertz CT molecular complexity index is 1690. The minimum absolute atomic E-state index is 0.300. The molecule has 39 heavy (non-hydrogen) atoms. The number of benzene rings is 4. The number of hydrogen-bond donors (Lipinski definition) is 2. The summed E-state index contributed by atoms with van der Waals surface area (Å²) in [5.74, 6) is 0. The highest BCUT2D eigenvalue weighted by Gasteiger charge is 2.24. The maximum absolute atomic E-state index is 14.0. The van der Waals surface area contributed by atoms with E-state index in [2.05, 4.69) is 42.7 Å². The Hall–Kier alpha value is -4.03. The molecule has 2 N–H and O–H groups in total. The van der Waals surface area contributed by atoms with Crippen LogP contribution in [0.2, 0.25) is 0 Å². The molecule has 0 saturated heterocycles. The molecular formula is C33H35N3O2S. The van der Waals surface area contributed by atoms with Crippen molar-refractivity contribution in [1.82, 2.24) is 3.97 Å². The highest BCUT2D eigenvalue weighted by molar-refractivity contribution is 7.90. The molecule has 4 aromatic carbocycles. The molecule has 0 saturated carbocycles. The minimum atomic E-state index is -3.77. The molecule has 0 amide bonds. The van der Waals surface area contributed by atoms with Gasteiger partial charge in [0.15, 0.2) is 0 Å². The molecular weight excluding hydrogens is 502 g/mol. The van der Waals surface area contributed by atoms with E-state index in [0.29, 0.717) is 23.4 Å².